The number of hydrogen-bond donors (Lipinski definition) is 1. The quantitative estimate of drug-likeness (QED) is 0.885. The molecule has 5 nitrogen and oxygen atoms in total. The van der Waals surface area contributed by atoms with Crippen molar-refractivity contribution in [2.45, 2.75) is 24.7 Å². The van der Waals surface area contributed by atoms with Crippen LogP contribution in [0.1, 0.15) is 30.1 Å². The molecule has 1 fully saturated rings. The zero-order valence-electron chi connectivity index (χ0n) is 11.5. The summed E-state index contributed by atoms with van der Waals surface area (Å²) in [4.78, 5) is 14.0. The van der Waals surface area contributed by atoms with E-state index in [2.05, 4.69) is 0 Å². The Labute approximate surface area is 134 Å². The number of amides is 1. The van der Waals surface area contributed by atoms with Crippen molar-refractivity contribution in [1.29, 1.82) is 0 Å². The number of primary sulfonamides is 1. The highest BCUT2D eigenvalue weighted by Crippen LogP contribution is 2.33. The van der Waals surface area contributed by atoms with Gasteiger partial charge in [0.25, 0.3) is 5.91 Å². The molecule has 0 radical (unpaired) electrons. The van der Waals surface area contributed by atoms with E-state index in [1.165, 1.54) is 6.07 Å². The maximum Gasteiger partial charge on any atom is 0.255 e. The van der Waals surface area contributed by atoms with Gasteiger partial charge >= 0.3 is 0 Å². The highest BCUT2D eigenvalue weighted by molar-refractivity contribution is 7.89. The molecule has 1 saturated carbocycles. The van der Waals surface area contributed by atoms with E-state index in [9.17, 15) is 13.2 Å². The number of halogens is 2. The van der Waals surface area contributed by atoms with E-state index in [1.807, 2.05) is 6.92 Å². The van der Waals surface area contributed by atoms with Crippen LogP contribution in [0.3, 0.4) is 0 Å². The summed E-state index contributed by atoms with van der Waals surface area (Å²) in [5, 5.41) is 5.13. The second kappa shape index (κ2) is 6.12. The van der Waals surface area contributed by atoms with Crippen LogP contribution in [0.25, 0.3) is 0 Å². The normalized spacial score (nSPS) is 15.0. The molecule has 0 saturated heterocycles. The zero-order valence-corrected chi connectivity index (χ0v) is 13.8. The number of benzene rings is 1. The minimum absolute atomic E-state index is 0.00554. The van der Waals surface area contributed by atoms with Crippen LogP contribution in [0.2, 0.25) is 10.0 Å². The lowest BCUT2D eigenvalue weighted by molar-refractivity contribution is 0.0757. The number of carbonyl (C=O) groups is 1. The maximum atomic E-state index is 12.5. The number of hydrogen-bond acceptors (Lipinski definition) is 3. The third-order valence-electron chi connectivity index (χ3n) is 3.41. The summed E-state index contributed by atoms with van der Waals surface area (Å²) < 4.78 is 22.9. The van der Waals surface area contributed by atoms with Gasteiger partial charge in [-0.25, -0.2) is 13.6 Å². The summed E-state index contributed by atoms with van der Waals surface area (Å²) >= 11 is 12.0. The van der Waals surface area contributed by atoms with E-state index in [-0.39, 0.29) is 26.4 Å². The molecule has 8 heteroatoms. The molecule has 0 aromatic heterocycles. The molecule has 0 unspecified atom stereocenters. The monoisotopic (exact) mass is 350 g/mol. The Morgan fingerprint density at radius 2 is 2.00 bits per heavy atom. The number of nitrogens with zero attached hydrogens (tertiary/aromatic N) is 1. The van der Waals surface area contributed by atoms with E-state index < -0.39 is 10.0 Å². The van der Waals surface area contributed by atoms with Gasteiger partial charge in [0.1, 0.15) is 0 Å². The van der Waals surface area contributed by atoms with E-state index >= 15 is 0 Å². The third kappa shape index (κ3) is 3.88. The van der Waals surface area contributed by atoms with Crippen molar-refractivity contribution in [2.24, 2.45) is 11.1 Å². The molecule has 1 aromatic carbocycles. The molecule has 1 aliphatic rings. The second-order valence-corrected chi connectivity index (χ2v) is 7.45. The van der Waals surface area contributed by atoms with Crippen LogP contribution in [-0.4, -0.2) is 32.3 Å². The van der Waals surface area contributed by atoms with Crippen molar-refractivity contribution in [3.63, 3.8) is 0 Å². The minimum Gasteiger partial charge on any atom is -0.339 e. The molecule has 21 heavy (non-hydrogen) atoms. The van der Waals surface area contributed by atoms with Crippen LogP contribution in [0.15, 0.2) is 17.0 Å². The van der Waals surface area contributed by atoms with Gasteiger partial charge in [0.2, 0.25) is 10.0 Å². The fourth-order valence-corrected chi connectivity index (χ4v) is 3.06. The number of sulfonamides is 1. The van der Waals surface area contributed by atoms with Crippen LogP contribution in [-0.2, 0) is 10.0 Å². The lowest BCUT2D eigenvalue weighted by atomic mass is 10.2. The second-order valence-electron chi connectivity index (χ2n) is 5.10. The van der Waals surface area contributed by atoms with Crippen molar-refractivity contribution in [3.8, 4) is 0 Å². The molecule has 2 N–H and O–H groups in total. The molecule has 116 valence electrons. The Bertz CT molecular complexity index is 672. The largest absolute Gasteiger partial charge is 0.339 e. The Kier molecular flexibility index (Phi) is 4.82. The van der Waals surface area contributed by atoms with Gasteiger partial charge in [0.15, 0.2) is 0 Å². The van der Waals surface area contributed by atoms with Crippen LogP contribution in [0.5, 0.6) is 0 Å². The summed E-state index contributed by atoms with van der Waals surface area (Å²) in [5.41, 5.74) is 0.0655. The topological polar surface area (TPSA) is 80.5 Å². The summed E-state index contributed by atoms with van der Waals surface area (Å²) in [5.74, 6) is 0.186. The average Bonchev–Trinajstić information content (AvgIpc) is 3.21. The summed E-state index contributed by atoms with van der Waals surface area (Å²) in [6.45, 7) is 3.02. The number of carbonyl (C=O) groups excluding carboxylic acids is 1. The lowest BCUT2D eigenvalue weighted by Crippen LogP contribution is -2.33. The molecule has 0 heterocycles. The van der Waals surface area contributed by atoms with Gasteiger partial charge in [-0.1, -0.05) is 23.2 Å². The highest BCUT2D eigenvalue weighted by atomic mass is 35.5. The fourth-order valence-electron chi connectivity index (χ4n) is 2.02. The Balaban J connectivity index is 2.41. The molecular formula is C13H16Cl2N2O3S. The minimum atomic E-state index is -3.96. The first-order chi connectivity index (χ1) is 9.74. The Morgan fingerprint density at radius 1 is 1.38 bits per heavy atom. The smallest absolute Gasteiger partial charge is 0.255 e. The molecule has 2 rings (SSSR count). The van der Waals surface area contributed by atoms with Gasteiger partial charge in [0, 0.05) is 13.1 Å². The van der Waals surface area contributed by atoms with Crippen LogP contribution in [0.4, 0.5) is 0 Å². The molecule has 1 aliphatic carbocycles. The van der Waals surface area contributed by atoms with E-state index in [1.54, 1.807) is 4.90 Å². The van der Waals surface area contributed by atoms with E-state index in [4.69, 9.17) is 28.3 Å². The first-order valence-corrected chi connectivity index (χ1v) is 8.85. The van der Waals surface area contributed by atoms with Crippen molar-refractivity contribution in [1.82, 2.24) is 4.90 Å². The third-order valence-corrected chi connectivity index (χ3v) is 5.10. The Morgan fingerprint density at radius 3 is 2.48 bits per heavy atom. The molecule has 0 bridgehead atoms. The molecule has 0 aliphatic heterocycles. The number of nitrogens with two attached hydrogens (primary N) is 1. The fraction of sp³-hybridized carbons (Fsp3) is 0.462. The highest BCUT2D eigenvalue weighted by Gasteiger charge is 2.28. The SMILES string of the molecule is CCN(CC1CC1)C(=O)c1cc(S(N)(=O)=O)cc(Cl)c1Cl. The van der Waals surface area contributed by atoms with Gasteiger partial charge in [-0.05, 0) is 37.8 Å². The van der Waals surface area contributed by atoms with Gasteiger partial charge in [-0.15, -0.1) is 0 Å². The van der Waals surface area contributed by atoms with E-state index in [0.29, 0.717) is 19.0 Å². The van der Waals surface area contributed by atoms with Gasteiger partial charge in [-0.3, -0.25) is 4.79 Å². The molecule has 0 spiro atoms. The first-order valence-electron chi connectivity index (χ1n) is 6.55. The zero-order chi connectivity index (χ0) is 15.8. The van der Waals surface area contributed by atoms with Crippen molar-refractivity contribution in [3.05, 3.63) is 27.7 Å². The molecular weight excluding hydrogens is 335 g/mol. The predicted molar refractivity (Wildman–Crippen MR) is 82.1 cm³/mol. The van der Waals surface area contributed by atoms with Gasteiger partial charge < -0.3 is 4.90 Å². The summed E-state index contributed by atoms with van der Waals surface area (Å²) in [7, 11) is -3.96. The van der Waals surface area contributed by atoms with Crippen molar-refractivity contribution in [2.75, 3.05) is 13.1 Å². The molecule has 1 amide bonds. The molecule has 1 aromatic rings. The molecule has 0 atom stereocenters. The standard InChI is InChI=1S/C13H16Cl2N2O3S/c1-2-17(7-8-3-4-8)13(18)10-5-9(21(16,19)20)6-11(14)12(10)15/h5-6,8H,2-4,7H2,1H3,(H2,16,19,20). The Hall–Kier alpha value is -0.820. The van der Waals surface area contributed by atoms with Crippen molar-refractivity contribution >= 4 is 39.1 Å². The van der Waals surface area contributed by atoms with Crippen LogP contribution < -0.4 is 5.14 Å². The van der Waals surface area contributed by atoms with E-state index in [0.717, 1.165) is 18.9 Å². The van der Waals surface area contributed by atoms with Crippen LogP contribution in [0, 0.1) is 5.92 Å². The summed E-state index contributed by atoms with van der Waals surface area (Å²) in [6, 6.07) is 2.33. The first kappa shape index (κ1) is 16.5. The predicted octanol–water partition coefficient (Wildman–Crippen LogP) is 2.51. The van der Waals surface area contributed by atoms with Gasteiger partial charge in [0.05, 0.1) is 20.5 Å². The number of rotatable bonds is 5. The average molecular weight is 351 g/mol. The van der Waals surface area contributed by atoms with Crippen LogP contribution >= 0.6 is 23.2 Å². The lowest BCUT2D eigenvalue weighted by Gasteiger charge is -2.21. The summed E-state index contributed by atoms with van der Waals surface area (Å²) in [6.07, 6.45) is 2.21. The van der Waals surface area contributed by atoms with Crippen molar-refractivity contribution < 1.29 is 13.2 Å². The maximum absolute atomic E-state index is 12.5. The van der Waals surface area contributed by atoms with Gasteiger partial charge in [-0.2, -0.15) is 0 Å².